The molecule has 9 heteroatoms. The minimum Gasteiger partial charge on any atom is -0.325 e. The molecule has 4 rings (SSSR count). The molecule has 162 valence electrons. The molecular formula is C22H24N4O3S2. The van der Waals surface area contributed by atoms with Crippen LogP contribution in [0.15, 0.2) is 70.8 Å². The maximum atomic E-state index is 12.6. The van der Waals surface area contributed by atoms with Gasteiger partial charge in [-0.1, -0.05) is 42.1 Å². The lowest BCUT2D eigenvalue weighted by Crippen LogP contribution is -2.27. The fraction of sp³-hybridized carbons (Fsp3) is 0.273. The maximum Gasteiger partial charge on any atom is 0.243 e. The Balaban J connectivity index is 1.35. The van der Waals surface area contributed by atoms with E-state index in [-0.39, 0.29) is 16.6 Å². The van der Waals surface area contributed by atoms with E-state index >= 15 is 0 Å². The molecule has 1 N–H and O–H groups in total. The van der Waals surface area contributed by atoms with Crippen LogP contribution >= 0.6 is 11.8 Å². The third-order valence-corrected chi connectivity index (χ3v) is 8.15. The molecule has 7 nitrogen and oxygen atoms in total. The summed E-state index contributed by atoms with van der Waals surface area (Å²) in [7, 11) is -1.52. The number of aromatic nitrogens is 2. The molecule has 3 aromatic rings. The second kappa shape index (κ2) is 9.25. The van der Waals surface area contributed by atoms with Crippen LogP contribution in [0.4, 0.5) is 5.69 Å². The lowest BCUT2D eigenvalue weighted by atomic mass is 10.2. The Morgan fingerprint density at radius 1 is 1.06 bits per heavy atom. The van der Waals surface area contributed by atoms with E-state index in [1.54, 1.807) is 30.5 Å². The Labute approximate surface area is 186 Å². The summed E-state index contributed by atoms with van der Waals surface area (Å²) in [6.07, 6.45) is 3.59. The number of benzene rings is 2. The van der Waals surface area contributed by atoms with E-state index in [1.165, 1.54) is 16.1 Å². The average molecular weight is 457 g/mol. The van der Waals surface area contributed by atoms with E-state index in [1.807, 2.05) is 41.9 Å². The van der Waals surface area contributed by atoms with Gasteiger partial charge in [-0.2, -0.15) is 4.31 Å². The van der Waals surface area contributed by atoms with Gasteiger partial charge in [0.25, 0.3) is 0 Å². The summed E-state index contributed by atoms with van der Waals surface area (Å²) in [6.45, 7) is 1.13. The van der Waals surface area contributed by atoms with Crippen molar-refractivity contribution in [3.63, 3.8) is 0 Å². The van der Waals surface area contributed by atoms with Gasteiger partial charge in [-0.15, -0.1) is 0 Å². The van der Waals surface area contributed by atoms with Crippen LogP contribution in [0.2, 0.25) is 0 Å². The number of carbonyl (C=O) groups excluding carboxylic acids is 1. The summed E-state index contributed by atoms with van der Waals surface area (Å²) >= 11 is 1.35. The summed E-state index contributed by atoms with van der Waals surface area (Å²) < 4.78 is 28.7. The molecule has 0 bridgehead atoms. The van der Waals surface area contributed by atoms with E-state index in [4.69, 9.17) is 0 Å². The zero-order valence-electron chi connectivity index (χ0n) is 17.2. The van der Waals surface area contributed by atoms with Crippen LogP contribution in [0.25, 0.3) is 11.3 Å². The average Bonchev–Trinajstić information content (AvgIpc) is 3.44. The molecular weight excluding hydrogens is 432 g/mol. The Kier molecular flexibility index (Phi) is 6.45. The highest BCUT2D eigenvalue weighted by Crippen LogP contribution is 2.25. The number of sulfonamides is 1. The number of anilines is 1. The number of hydrogen-bond acceptors (Lipinski definition) is 5. The fourth-order valence-corrected chi connectivity index (χ4v) is 5.79. The predicted molar refractivity (Wildman–Crippen MR) is 122 cm³/mol. The monoisotopic (exact) mass is 456 g/mol. The van der Waals surface area contributed by atoms with E-state index in [0.29, 0.717) is 18.8 Å². The molecule has 0 unspecified atom stereocenters. The number of amides is 1. The molecule has 0 saturated carbocycles. The first-order chi connectivity index (χ1) is 14.9. The van der Waals surface area contributed by atoms with Gasteiger partial charge in [0.1, 0.15) is 0 Å². The number of rotatable bonds is 7. The van der Waals surface area contributed by atoms with Gasteiger partial charge < -0.3 is 9.88 Å². The van der Waals surface area contributed by atoms with E-state index in [0.717, 1.165) is 29.3 Å². The first-order valence-corrected chi connectivity index (χ1v) is 12.5. The number of carbonyl (C=O) groups is 1. The highest BCUT2D eigenvalue weighted by atomic mass is 32.2. The topological polar surface area (TPSA) is 84.3 Å². The number of nitrogens with zero attached hydrogens (tertiary/aromatic N) is 3. The molecule has 1 saturated heterocycles. The van der Waals surface area contributed by atoms with Crippen molar-refractivity contribution in [2.75, 3.05) is 24.2 Å². The Hall–Kier alpha value is -2.62. The third-order valence-electron chi connectivity index (χ3n) is 5.19. The van der Waals surface area contributed by atoms with Gasteiger partial charge in [0, 0.05) is 25.8 Å². The van der Waals surface area contributed by atoms with Crippen molar-refractivity contribution in [2.45, 2.75) is 22.9 Å². The first-order valence-electron chi connectivity index (χ1n) is 10.0. The molecule has 1 aliphatic rings. The smallest absolute Gasteiger partial charge is 0.243 e. The molecule has 0 aliphatic carbocycles. The van der Waals surface area contributed by atoms with Crippen molar-refractivity contribution in [3.05, 3.63) is 60.8 Å². The van der Waals surface area contributed by atoms with Crippen molar-refractivity contribution >= 4 is 33.4 Å². The quantitative estimate of drug-likeness (QED) is 0.549. The molecule has 1 amide bonds. The van der Waals surface area contributed by atoms with Crippen LogP contribution in [-0.4, -0.2) is 47.0 Å². The third kappa shape index (κ3) is 4.84. The zero-order valence-corrected chi connectivity index (χ0v) is 18.8. The molecule has 0 radical (unpaired) electrons. The largest absolute Gasteiger partial charge is 0.325 e. The molecule has 31 heavy (non-hydrogen) atoms. The SMILES string of the molecule is Cn1c(-c2ccccc2)cnc1SCC(=O)Nc1ccc(S(=O)(=O)N2CCCC2)cc1. The minimum absolute atomic E-state index is 0.176. The van der Waals surface area contributed by atoms with Gasteiger partial charge in [0.05, 0.1) is 22.5 Å². The van der Waals surface area contributed by atoms with Crippen molar-refractivity contribution in [3.8, 4) is 11.3 Å². The molecule has 1 aromatic heterocycles. The fourth-order valence-electron chi connectivity index (χ4n) is 3.52. The van der Waals surface area contributed by atoms with Gasteiger partial charge in [-0.25, -0.2) is 13.4 Å². The summed E-state index contributed by atoms with van der Waals surface area (Å²) in [5, 5.41) is 3.56. The van der Waals surface area contributed by atoms with E-state index < -0.39 is 10.0 Å². The Morgan fingerprint density at radius 2 is 1.74 bits per heavy atom. The molecule has 2 aromatic carbocycles. The van der Waals surface area contributed by atoms with Crippen molar-refractivity contribution in [2.24, 2.45) is 7.05 Å². The Morgan fingerprint density at radius 3 is 2.42 bits per heavy atom. The summed E-state index contributed by atoms with van der Waals surface area (Å²) in [5.41, 5.74) is 2.62. The van der Waals surface area contributed by atoms with Gasteiger partial charge in [0.15, 0.2) is 5.16 Å². The van der Waals surface area contributed by atoms with E-state index in [2.05, 4.69) is 10.3 Å². The highest BCUT2D eigenvalue weighted by molar-refractivity contribution is 7.99. The normalized spacial score (nSPS) is 14.6. The van der Waals surface area contributed by atoms with Crippen molar-refractivity contribution in [1.29, 1.82) is 0 Å². The van der Waals surface area contributed by atoms with Gasteiger partial charge >= 0.3 is 0 Å². The second-order valence-corrected chi connectivity index (χ2v) is 10.2. The lowest BCUT2D eigenvalue weighted by molar-refractivity contribution is -0.113. The standard InChI is InChI=1S/C22H24N4O3S2/c1-25-20(17-7-3-2-4-8-17)15-23-22(25)30-16-21(27)24-18-9-11-19(12-10-18)31(28,29)26-13-5-6-14-26/h2-4,7-12,15H,5-6,13-14,16H2,1H3,(H,24,27). The molecule has 2 heterocycles. The van der Waals surface area contributed by atoms with Crippen LogP contribution in [0.1, 0.15) is 12.8 Å². The van der Waals surface area contributed by atoms with Crippen LogP contribution in [0.5, 0.6) is 0 Å². The molecule has 1 aliphatic heterocycles. The minimum atomic E-state index is -3.45. The zero-order chi connectivity index (χ0) is 21.8. The lowest BCUT2D eigenvalue weighted by Gasteiger charge is -2.15. The van der Waals surface area contributed by atoms with Crippen molar-refractivity contribution < 1.29 is 13.2 Å². The summed E-state index contributed by atoms with van der Waals surface area (Å²) in [5.74, 6) is 0.0248. The molecule has 0 atom stereocenters. The Bertz CT molecular complexity index is 1150. The second-order valence-electron chi connectivity index (χ2n) is 7.32. The van der Waals surface area contributed by atoms with Crippen LogP contribution in [0.3, 0.4) is 0 Å². The van der Waals surface area contributed by atoms with Gasteiger partial charge in [-0.3, -0.25) is 4.79 Å². The number of hydrogen-bond donors (Lipinski definition) is 1. The van der Waals surface area contributed by atoms with Crippen LogP contribution in [-0.2, 0) is 21.9 Å². The maximum absolute atomic E-state index is 12.6. The highest BCUT2D eigenvalue weighted by Gasteiger charge is 2.26. The van der Waals surface area contributed by atoms with Gasteiger partial charge in [0.2, 0.25) is 15.9 Å². The van der Waals surface area contributed by atoms with Gasteiger partial charge in [-0.05, 0) is 42.7 Å². The number of imidazole rings is 1. The van der Waals surface area contributed by atoms with Crippen LogP contribution < -0.4 is 5.32 Å². The molecule has 1 fully saturated rings. The summed E-state index contributed by atoms with van der Waals surface area (Å²) in [6, 6.07) is 16.3. The number of thioether (sulfide) groups is 1. The number of nitrogens with one attached hydrogen (secondary N) is 1. The first kappa shape index (κ1) is 21.6. The van der Waals surface area contributed by atoms with Crippen LogP contribution in [0, 0.1) is 0 Å². The predicted octanol–water partition coefficient (Wildman–Crippen LogP) is 3.60. The summed E-state index contributed by atoms with van der Waals surface area (Å²) in [4.78, 5) is 17.0. The molecule has 0 spiro atoms. The van der Waals surface area contributed by atoms with E-state index in [9.17, 15) is 13.2 Å². The van der Waals surface area contributed by atoms with Crippen molar-refractivity contribution in [1.82, 2.24) is 13.9 Å².